The Kier molecular flexibility index (Phi) is 10.1. The molecule has 0 heterocycles. The van der Waals surface area contributed by atoms with Crippen molar-refractivity contribution in [1.29, 1.82) is 0 Å². The van der Waals surface area contributed by atoms with Crippen molar-refractivity contribution in [3.8, 4) is 0 Å². The zero-order chi connectivity index (χ0) is 23.6. The van der Waals surface area contributed by atoms with Crippen molar-refractivity contribution in [3.05, 3.63) is 35.6 Å². The lowest BCUT2D eigenvalue weighted by Crippen LogP contribution is -2.56. The maximum atomic E-state index is 13.1. The summed E-state index contributed by atoms with van der Waals surface area (Å²) in [6.07, 6.45) is -0.592. The van der Waals surface area contributed by atoms with Crippen LogP contribution in [0.3, 0.4) is 0 Å². The van der Waals surface area contributed by atoms with Gasteiger partial charge in [0.25, 0.3) is 0 Å². The third-order valence-electron chi connectivity index (χ3n) is 4.32. The highest BCUT2D eigenvalue weighted by Crippen LogP contribution is 2.15. The molecule has 0 aliphatic heterocycles. The van der Waals surface area contributed by atoms with Gasteiger partial charge in [0.15, 0.2) is 0 Å². The third-order valence-corrected chi connectivity index (χ3v) is 4.32. The average molecular weight is 440 g/mol. The predicted octanol–water partition coefficient (Wildman–Crippen LogP) is -0.117. The molecule has 1 aromatic rings. The van der Waals surface area contributed by atoms with Gasteiger partial charge in [0.2, 0.25) is 11.8 Å². The molecule has 31 heavy (non-hydrogen) atoms. The molecular formula is C20H25FN2O8. The first-order chi connectivity index (χ1) is 14.6. The molecule has 0 aromatic heterocycles. The minimum atomic E-state index is -1.59. The zero-order valence-corrected chi connectivity index (χ0v) is 17.6. The molecule has 2 amide bonds. The van der Waals surface area contributed by atoms with Gasteiger partial charge in [-0.1, -0.05) is 12.1 Å². The topological polar surface area (TPSA) is 137 Å². The number of hydrogen-bond donors (Lipinski definition) is 2. The maximum Gasteiger partial charge on any atom is 0.329 e. The first kappa shape index (κ1) is 25.5. The van der Waals surface area contributed by atoms with Crippen LogP contribution in [0.4, 0.5) is 4.39 Å². The molecule has 0 saturated heterocycles. The monoisotopic (exact) mass is 440 g/mol. The predicted molar refractivity (Wildman–Crippen MR) is 104 cm³/mol. The zero-order valence-electron chi connectivity index (χ0n) is 17.6. The smallest absolute Gasteiger partial charge is 0.329 e. The van der Waals surface area contributed by atoms with Gasteiger partial charge < -0.3 is 24.8 Å². The Bertz CT molecular complexity index is 812. The minimum Gasteiger partial charge on any atom is -0.469 e. The molecule has 0 unspecified atom stereocenters. The lowest BCUT2D eigenvalue weighted by Gasteiger charge is -2.26. The molecule has 0 aliphatic rings. The highest BCUT2D eigenvalue weighted by Gasteiger charge is 2.39. The Hall–Kier alpha value is -3.50. The van der Waals surface area contributed by atoms with Crippen LogP contribution in [0.1, 0.15) is 18.9 Å². The van der Waals surface area contributed by atoms with Crippen molar-refractivity contribution in [1.82, 2.24) is 10.6 Å². The van der Waals surface area contributed by atoms with E-state index in [1.165, 1.54) is 31.2 Å². The second-order valence-corrected chi connectivity index (χ2v) is 6.50. The van der Waals surface area contributed by atoms with Crippen LogP contribution in [-0.4, -0.2) is 63.1 Å². The molecule has 1 rings (SSSR count). The van der Waals surface area contributed by atoms with E-state index in [0.29, 0.717) is 5.56 Å². The summed E-state index contributed by atoms with van der Waals surface area (Å²) in [5.74, 6) is -6.03. The number of benzene rings is 1. The van der Waals surface area contributed by atoms with Crippen molar-refractivity contribution in [2.45, 2.75) is 31.8 Å². The summed E-state index contributed by atoms with van der Waals surface area (Å²) in [5.41, 5.74) is 0.531. The molecule has 0 fully saturated rings. The Balaban J connectivity index is 3.17. The molecule has 170 valence electrons. The molecular weight excluding hydrogens is 415 g/mol. The normalized spacial score (nSPS) is 13.2. The Labute approximate surface area is 178 Å². The summed E-state index contributed by atoms with van der Waals surface area (Å²) in [6.45, 7) is 1.19. The van der Waals surface area contributed by atoms with Gasteiger partial charge in [0, 0.05) is 13.3 Å². The molecule has 10 nitrogen and oxygen atoms in total. The number of esters is 3. The molecule has 11 heteroatoms. The number of carbonyl (C=O) groups excluding carboxylic acids is 5. The van der Waals surface area contributed by atoms with Crippen LogP contribution >= 0.6 is 0 Å². The van der Waals surface area contributed by atoms with E-state index in [0.717, 1.165) is 21.3 Å². The van der Waals surface area contributed by atoms with E-state index < -0.39 is 60.0 Å². The highest BCUT2D eigenvalue weighted by atomic mass is 19.1. The standard InChI is InChI=1S/C20H25FN2O8/c1-11(24)22-15(9-12-5-7-13(21)8-6-12)18(26)23-17(20(28)31-4)14(19(27)30-3)10-16(25)29-2/h5-8,14-15,17H,9-10H2,1-4H3,(H,22,24)(H,23,26)/t14-,15-,17-/m1/s1. The molecule has 0 bridgehead atoms. The second-order valence-electron chi connectivity index (χ2n) is 6.50. The number of amides is 2. The summed E-state index contributed by atoms with van der Waals surface area (Å²) in [7, 11) is 3.19. The van der Waals surface area contributed by atoms with E-state index in [1.54, 1.807) is 0 Å². The maximum absolute atomic E-state index is 13.1. The quantitative estimate of drug-likeness (QED) is 0.380. The van der Waals surface area contributed by atoms with E-state index in [9.17, 15) is 28.4 Å². The summed E-state index contributed by atoms with van der Waals surface area (Å²) >= 11 is 0. The van der Waals surface area contributed by atoms with Gasteiger partial charge in [-0.05, 0) is 17.7 Å². The third kappa shape index (κ3) is 8.03. The van der Waals surface area contributed by atoms with E-state index in [-0.39, 0.29) is 6.42 Å². The van der Waals surface area contributed by atoms with Crippen molar-refractivity contribution in [2.75, 3.05) is 21.3 Å². The molecule has 1 aromatic carbocycles. The van der Waals surface area contributed by atoms with Crippen LogP contribution in [0, 0.1) is 11.7 Å². The number of rotatable bonds is 10. The Morgan fingerprint density at radius 1 is 0.903 bits per heavy atom. The Morgan fingerprint density at radius 2 is 1.48 bits per heavy atom. The van der Waals surface area contributed by atoms with Gasteiger partial charge >= 0.3 is 17.9 Å². The first-order valence-corrected chi connectivity index (χ1v) is 9.17. The SMILES string of the molecule is COC(=O)C[C@@H](C(=O)OC)[C@@H](NC(=O)[C@@H](Cc1ccc(F)cc1)NC(C)=O)C(=O)OC. The minimum absolute atomic E-state index is 0.0283. The van der Waals surface area contributed by atoms with Crippen molar-refractivity contribution < 1.29 is 42.6 Å². The lowest BCUT2D eigenvalue weighted by molar-refractivity contribution is -0.159. The number of hydrogen-bond acceptors (Lipinski definition) is 8. The first-order valence-electron chi connectivity index (χ1n) is 9.17. The van der Waals surface area contributed by atoms with Crippen molar-refractivity contribution in [2.24, 2.45) is 5.92 Å². The van der Waals surface area contributed by atoms with Crippen LogP contribution in [0.25, 0.3) is 0 Å². The molecule has 0 radical (unpaired) electrons. The van der Waals surface area contributed by atoms with Gasteiger partial charge in [-0.2, -0.15) is 0 Å². The van der Waals surface area contributed by atoms with E-state index >= 15 is 0 Å². The van der Waals surface area contributed by atoms with E-state index in [1.807, 2.05) is 0 Å². The van der Waals surface area contributed by atoms with E-state index in [2.05, 4.69) is 24.8 Å². The van der Waals surface area contributed by atoms with Crippen LogP contribution in [0.2, 0.25) is 0 Å². The lowest BCUT2D eigenvalue weighted by atomic mass is 9.95. The number of halogens is 1. The van der Waals surface area contributed by atoms with Gasteiger partial charge in [-0.25, -0.2) is 9.18 Å². The van der Waals surface area contributed by atoms with Crippen LogP contribution in [0.5, 0.6) is 0 Å². The molecule has 3 atom stereocenters. The second kappa shape index (κ2) is 12.3. The Morgan fingerprint density at radius 3 is 1.97 bits per heavy atom. The molecule has 0 saturated carbocycles. The fraction of sp³-hybridized carbons (Fsp3) is 0.450. The van der Waals surface area contributed by atoms with Crippen LogP contribution in [-0.2, 0) is 44.6 Å². The van der Waals surface area contributed by atoms with Gasteiger partial charge in [0.05, 0.1) is 33.7 Å². The van der Waals surface area contributed by atoms with Gasteiger partial charge in [0.1, 0.15) is 17.9 Å². The summed E-state index contributed by atoms with van der Waals surface area (Å²) in [6, 6.07) is 2.51. The summed E-state index contributed by atoms with van der Waals surface area (Å²) in [5, 5.41) is 4.77. The van der Waals surface area contributed by atoms with Gasteiger partial charge in [-0.15, -0.1) is 0 Å². The fourth-order valence-corrected chi connectivity index (χ4v) is 2.77. The van der Waals surface area contributed by atoms with Crippen molar-refractivity contribution in [3.63, 3.8) is 0 Å². The van der Waals surface area contributed by atoms with Gasteiger partial charge in [-0.3, -0.25) is 19.2 Å². The number of nitrogens with one attached hydrogen (secondary N) is 2. The molecule has 0 aliphatic carbocycles. The fourth-order valence-electron chi connectivity index (χ4n) is 2.77. The summed E-state index contributed by atoms with van der Waals surface area (Å²) in [4.78, 5) is 60.6. The highest BCUT2D eigenvalue weighted by molar-refractivity contribution is 5.94. The van der Waals surface area contributed by atoms with Crippen molar-refractivity contribution >= 4 is 29.7 Å². The summed E-state index contributed by atoms with van der Waals surface area (Å²) < 4.78 is 27.0. The number of ether oxygens (including phenoxy) is 3. The number of carbonyl (C=O) groups is 5. The number of methoxy groups -OCH3 is 3. The molecule has 0 spiro atoms. The van der Waals surface area contributed by atoms with Crippen LogP contribution < -0.4 is 10.6 Å². The largest absolute Gasteiger partial charge is 0.469 e. The van der Waals surface area contributed by atoms with Crippen LogP contribution in [0.15, 0.2) is 24.3 Å². The average Bonchev–Trinajstić information content (AvgIpc) is 2.75. The molecule has 2 N–H and O–H groups in total. The van der Waals surface area contributed by atoms with E-state index in [4.69, 9.17) is 0 Å².